The van der Waals surface area contributed by atoms with Crippen LogP contribution in [0.5, 0.6) is 5.75 Å². The van der Waals surface area contributed by atoms with Crippen molar-refractivity contribution in [2.24, 2.45) is 0 Å². The number of hydrogen-bond donors (Lipinski definition) is 0. The van der Waals surface area contributed by atoms with Crippen molar-refractivity contribution in [2.45, 2.75) is 5.92 Å². The molecule has 1 atom stereocenters. The largest absolute Gasteiger partial charge is 0.497 e. The molecule has 3 rings (SSSR count). The van der Waals surface area contributed by atoms with Gasteiger partial charge in [-0.25, -0.2) is 0 Å². The standard InChI is InChI=1S/C20H23NO3/c1-23-18-9-7-17(8-10-18)20(22)19(16-5-3-2-4-6-16)15-21-11-13-24-14-12-21/h2-10,19H,11-15H2,1H3/t19-/m0/s1. The minimum atomic E-state index is -0.169. The van der Waals surface area contributed by atoms with Gasteiger partial charge in [0, 0.05) is 25.2 Å². The maximum atomic E-state index is 13.1. The number of nitrogens with zero attached hydrogens (tertiary/aromatic N) is 1. The topological polar surface area (TPSA) is 38.8 Å². The molecule has 0 bridgehead atoms. The van der Waals surface area contributed by atoms with Crippen LogP contribution in [0.4, 0.5) is 0 Å². The molecule has 4 heteroatoms. The van der Waals surface area contributed by atoms with E-state index in [1.807, 2.05) is 54.6 Å². The fraction of sp³-hybridized carbons (Fsp3) is 0.350. The zero-order valence-electron chi connectivity index (χ0n) is 14.0. The molecule has 2 aromatic rings. The van der Waals surface area contributed by atoms with E-state index >= 15 is 0 Å². The second kappa shape index (κ2) is 8.08. The molecule has 126 valence electrons. The highest BCUT2D eigenvalue weighted by atomic mass is 16.5. The smallest absolute Gasteiger partial charge is 0.171 e. The lowest BCUT2D eigenvalue weighted by Crippen LogP contribution is -2.40. The summed E-state index contributed by atoms with van der Waals surface area (Å²) in [6, 6.07) is 17.4. The molecule has 0 amide bonds. The van der Waals surface area contributed by atoms with Crippen molar-refractivity contribution in [1.82, 2.24) is 4.90 Å². The van der Waals surface area contributed by atoms with Crippen LogP contribution in [0.15, 0.2) is 54.6 Å². The molecule has 0 unspecified atom stereocenters. The van der Waals surface area contributed by atoms with E-state index in [1.54, 1.807) is 7.11 Å². The van der Waals surface area contributed by atoms with Gasteiger partial charge >= 0.3 is 0 Å². The van der Waals surface area contributed by atoms with Gasteiger partial charge in [0.25, 0.3) is 0 Å². The predicted molar refractivity (Wildman–Crippen MR) is 93.8 cm³/mol. The molecule has 0 radical (unpaired) electrons. The van der Waals surface area contributed by atoms with Crippen LogP contribution in [-0.4, -0.2) is 50.6 Å². The van der Waals surface area contributed by atoms with E-state index in [4.69, 9.17) is 9.47 Å². The summed E-state index contributed by atoms with van der Waals surface area (Å²) in [6.45, 7) is 3.94. The zero-order chi connectivity index (χ0) is 16.8. The van der Waals surface area contributed by atoms with E-state index in [2.05, 4.69) is 4.90 Å². The normalized spacial score (nSPS) is 16.5. The maximum absolute atomic E-state index is 13.1. The Morgan fingerprint density at radius 3 is 2.38 bits per heavy atom. The lowest BCUT2D eigenvalue weighted by molar-refractivity contribution is 0.0345. The fourth-order valence-corrected chi connectivity index (χ4v) is 3.02. The predicted octanol–water partition coefficient (Wildman–Crippen LogP) is 2.99. The SMILES string of the molecule is COc1ccc(C(=O)[C@@H](CN2CCOCC2)c2ccccc2)cc1. The van der Waals surface area contributed by atoms with Crippen LogP contribution >= 0.6 is 0 Å². The first-order valence-electron chi connectivity index (χ1n) is 8.31. The number of carbonyl (C=O) groups is 1. The first-order chi connectivity index (χ1) is 11.8. The molecular formula is C20H23NO3. The lowest BCUT2D eigenvalue weighted by Gasteiger charge is -2.30. The van der Waals surface area contributed by atoms with Crippen LogP contribution in [0.2, 0.25) is 0 Å². The van der Waals surface area contributed by atoms with Gasteiger partial charge in [-0.2, -0.15) is 0 Å². The van der Waals surface area contributed by atoms with Crippen LogP contribution in [0, 0.1) is 0 Å². The van der Waals surface area contributed by atoms with Gasteiger partial charge in [0.2, 0.25) is 0 Å². The molecular weight excluding hydrogens is 302 g/mol. The Hall–Kier alpha value is -2.17. The highest BCUT2D eigenvalue weighted by Gasteiger charge is 2.25. The van der Waals surface area contributed by atoms with E-state index < -0.39 is 0 Å². The van der Waals surface area contributed by atoms with Crippen LogP contribution in [0.1, 0.15) is 21.8 Å². The van der Waals surface area contributed by atoms with Crippen molar-refractivity contribution >= 4 is 5.78 Å². The lowest BCUT2D eigenvalue weighted by atomic mass is 9.90. The van der Waals surface area contributed by atoms with Gasteiger partial charge in [0.1, 0.15) is 5.75 Å². The summed E-state index contributed by atoms with van der Waals surface area (Å²) >= 11 is 0. The first-order valence-corrected chi connectivity index (χ1v) is 8.31. The van der Waals surface area contributed by atoms with E-state index in [0.717, 1.165) is 49.7 Å². The van der Waals surface area contributed by atoms with Gasteiger partial charge in [-0.1, -0.05) is 30.3 Å². The number of morpholine rings is 1. The fourth-order valence-electron chi connectivity index (χ4n) is 3.02. The Morgan fingerprint density at radius 2 is 1.75 bits per heavy atom. The van der Waals surface area contributed by atoms with Crippen LogP contribution < -0.4 is 4.74 Å². The van der Waals surface area contributed by atoms with E-state index in [1.165, 1.54) is 0 Å². The molecule has 0 spiro atoms. The molecule has 0 N–H and O–H groups in total. The summed E-state index contributed by atoms with van der Waals surface area (Å²) in [5, 5.41) is 0. The molecule has 1 aliphatic rings. The zero-order valence-corrected chi connectivity index (χ0v) is 14.0. The van der Waals surface area contributed by atoms with Gasteiger partial charge < -0.3 is 9.47 Å². The molecule has 24 heavy (non-hydrogen) atoms. The van der Waals surface area contributed by atoms with Crippen molar-refractivity contribution in [1.29, 1.82) is 0 Å². The molecule has 1 saturated heterocycles. The van der Waals surface area contributed by atoms with E-state index in [9.17, 15) is 4.79 Å². The number of Topliss-reactive ketones (excluding diaryl/α,β-unsaturated/α-hetero) is 1. The van der Waals surface area contributed by atoms with Gasteiger partial charge in [-0.05, 0) is 29.8 Å². The molecule has 0 saturated carbocycles. The molecule has 2 aromatic carbocycles. The molecule has 1 heterocycles. The number of methoxy groups -OCH3 is 1. The molecule has 0 aliphatic carbocycles. The van der Waals surface area contributed by atoms with Crippen molar-refractivity contribution in [3.63, 3.8) is 0 Å². The molecule has 1 fully saturated rings. The number of carbonyl (C=O) groups excluding carboxylic acids is 1. The Kier molecular flexibility index (Phi) is 5.62. The third-order valence-corrected chi connectivity index (χ3v) is 4.44. The number of benzene rings is 2. The first kappa shape index (κ1) is 16.7. The summed E-state index contributed by atoms with van der Waals surface area (Å²) in [6.07, 6.45) is 0. The molecule has 1 aliphatic heterocycles. The van der Waals surface area contributed by atoms with E-state index in [-0.39, 0.29) is 11.7 Å². The summed E-state index contributed by atoms with van der Waals surface area (Å²) in [5.74, 6) is 0.740. The Balaban J connectivity index is 1.83. The average Bonchev–Trinajstić information content (AvgIpc) is 2.67. The van der Waals surface area contributed by atoms with Crippen molar-refractivity contribution in [3.05, 3.63) is 65.7 Å². The number of ether oxygens (including phenoxy) is 2. The summed E-state index contributed by atoms with van der Waals surface area (Å²) in [4.78, 5) is 15.4. The highest BCUT2D eigenvalue weighted by molar-refractivity contribution is 6.01. The third-order valence-electron chi connectivity index (χ3n) is 4.44. The average molecular weight is 325 g/mol. The van der Waals surface area contributed by atoms with Gasteiger partial charge in [-0.3, -0.25) is 9.69 Å². The summed E-state index contributed by atoms with van der Waals surface area (Å²) in [5.41, 5.74) is 1.78. The number of hydrogen-bond acceptors (Lipinski definition) is 4. The minimum absolute atomic E-state index is 0.148. The van der Waals surface area contributed by atoms with Crippen molar-refractivity contribution in [3.8, 4) is 5.75 Å². The maximum Gasteiger partial charge on any atom is 0.171 e. The van der Waals surface area contributed by atoms with E-state index in [0.29, 0.717) is 0 Å². The second-order valence-corrected chi connectivity index (χ2v) is 5.97. The van der Waals surface area contributed by atoms with Crippen LogP contribution in [-0.2, 0) is 4.74 Å². The second-order valence-electron chi connectivity index (χ2n) is 5.97. The molecule has 0 aromatic heterocycles. The summed E-state index contributed by atoms with van der Waals surface area (Å²) in [7, 11) is 1.63. The number of rotatable bonds is 6. The monoisotopic (exact) mass is 325 g/mol. The third kappa shape index (κ3) is 4.02. The minimum Gasteiger partial charge on any atom is -0.497 e. The van der Waals surface area contributed by atoms with Crippen molar-refractivity contribution in [2.75, 3.05) is 40.0 Å². The van der Waals surface area contributed by atoms with Crippen LogP contribution in [0.3, 0.4) is 0 Å². The van der Waals surface area contributed by atoms with Gasteiger partial charge in [0.15, 0.2) is 5.78 Å². The highest BCUT2D eigenvalue weighted by Crippen LogP contribution is 2.24. The quantitative estimate of drug-likeness (QED) is 0.766. The van der Waals surface area contributed by atoms with Gasteiger partial charge in [0.05, 0.1) is 26.2 Å². The van der Waals surface area contributed by atoms with Crippen LogP contribution in [0.25, 0.3) is 0 Å². The summed E-state index contributed by atoms with van der Waals surface area (Å²) < 4.78 is 10.6. The van der Waals surface area contributed by atoms with Crippen molar-refractivity contribution < 1.29 is 14.3 Å². The number of ketones is 1. The molecule has 4 nitrogen and oxygen atoms in total. The van der Waals surface area contributed by atoms with Gasteiger partial charge in [-0.15, -0.1) is 0 Å². The Labute approximate surface area is 143 Å². The Morgan fingerprint density at radius 1 is 1.08 bits per heavy atom. The Bertz CT molecular complexity index is 648.